The molecule has 0 aliphatic carbocycles. The summed E-state index contributed by atoms with van der Waals surface area (Å²) < 4.78 is 77.0. The van der Waals surface area contributed by atoms with Gasteiger partial charge < -0.3 is 5.32 Å². The molecule has 0 saturated carbocycles. The molecule has 0 heterocycles. The number of unbranched alkanes of at least 4 members (excludes halogenated alkanes) is 1. The van der Waals surface area contributed by atoms with Gasteiger partial charge in [0.25, 0.3) is 10.0 Å². The van der Waals surface area contributed by atoms with Gasteiger partial charge in [0.05, 0.1) is 26.1 Å². The normalized spacial score (nSPS) is 12.5. The number of hydrogen-bond acceptors (Lipinski definition) is 7. The largest absolute Gasteiger partial charge is 0.383 e. The fourth-order valence-corrected chi connectivity index (χ4v) is 4.80. The summed E-state index contributed by atoms with van der Waals surface area (Å²) in [6, 6.07) is 8.42. The van der Waals surface area contributed by atoms with E-state index in [4.69, 9.17) is 5.14 Å². The fraction of sp³-hybridized carbons (Fsp3) is 0.294. The summed E-state index contributed by atoms with van der Waals surface area (Å²) in [5, 5.41) is 8.21. The van der Waals surface area contributed by atoms with Crippen molar-refractivity contribution >= 4 is 41.4 Å². The maximum Gasteiger partial charge on any atom is 0.261 e. The van der Waals surface area contributed by atoms with Gasteiger partial charge in [0, 0.05) is 6.54 Å². The molecule has 0 spiro atoms. The van der Waals surface area contributed by atoms with Crippen LogP contribution >= 0.6 is 0 Å². The highest BCUT2D eigenvalue weighted by molar-refractivity contribution is 7.92. The van der Waals surface area contributed by atoms with Crippen LogP contribution in [-0.4, -0.2) is 38.8 Å². The van der Waals surface area contributed by atoms with Crippen LogP contribution in [-0.2, 0) is 30.1 Å². The second kappa shape index (κ2) is 9.31. The highest BCUT2D eigenvalue weighted by Gasteiger charge is 2.20. The van der Waals surface area contributed by atoms with Crippen molar-refractivity contribution in [1.29, 1.82) is 0 Å². The predicted octanol–water partition coefficient (Wildman–Crippen LogP) is 1.25. The third-order valence-corrected chi connectivity index (χ3v) is 7.85. The molecule has 0 radical (unpaired) electrons. The van der Waals surface area contributed by atoms with Crippen LogP contribution in [0.5, 0.6) is 0 Å². The quantitative estimate of drug-likeness (QED) is 0.375. The Hall–Kier alpha value is -2.19. The molecular formula is C17H24N4O6S3. The molecule has 0 unspecified atom stereocenters. The van der Waals surface area contributed by atoms with Crippen molar-refractivity contribution in [2.75, 3.05) is 23.6 Å². The van der Waals surface area contributed by atoms with Crippen LogP contribution in [0.4, 0.5) is 11.4 Å². The topological polar surface area (TPSA) is 165 Å². The zero-order chi connectivity index (χ0) is 22.6. The van der Waals surface area contributed by atoms with Crippen LogP contribution in [0, 0.1) is 0 Å². The minimum atomic E-state index is -4.14. The number of nitrogens with one attached hydrogen (secondary N) is 3. The molecule has 2 aromatic carbocycles. The van der Waals surface area contributed by atoms with E-state index in [0.717, 1.165) is 43.2 Å². The third kappa shape index (κ3) is 5.92. The Morgan fingerprint density at radius 2 is 1.33 bits per heavy atom. The highest BCUT2D eigenvalue weighted by Crippen LogP contribution is 2.28. The molecule has 5 N–H and O–H groups in total. The predicted molar refractivity (Wildman–Crippen MR) is 115 cm³/mol. The molecule has 0 saturated heterocycles. The first-order valence-electron chi connectivity index (χ1n) is 8.88. The van der Waals surface area contributed by atoms with Crippen LogP contribution in [0.25, 0.3) is 0 Å². The number of anilines is 2. The lowest BCUT2D eigenvalue weighted by atomic mass is 10.2. The molecule has 0 fully saturated rings. The van der Waals surface area contributed by atoms with Crippen molar-refractivity contribution in [1.82, 2.24) is 4.72 Å². The first-order valence-corrected chi connectivity index (χ1v) is 13.4. The number of benzene rings is 2. The number of primary sulfonamides is 1. The van der Waals surface area contributed by atoms with Gasteiger partial charge >= 0.3 is 0 Å². The number of nitrogens with two attached hydrogens (primary N) is 1. The van der Waals surface area contributed by atoms with Gasteiger partial charge in [0.1, 0.15) is 0 Å². The van der Waals surface area contributed by atoms with E-state index in [1.165, 1.54) is 19.2 Å². The molecule has 0 amide bonds. The van der Waals surface area contributed by atoms with E-state index >= 15 is 0 Å². The molecular weight excluding hydrogens is 452 g/mol. The third-order valence-electron chi connectivity index (χ3n) is 4.12. The Morgan fingerprint density at radius 3 is 1.83 bits per heavy atom. The van der Waals surface area contributed by atoms with Gasteiger partial charge in [0.2, 0.25) is 20.0 Å². The zero-order valence-electron chi connectivity index (χ0n) is 16.4. The van der Waals surface area contributed by atoms with Crippen LogP contribution in [0.1, 0.15) is 19.8 Å². The Kier molecular flexibility index (Phi) is 7.47. The number of hydrogen-bond donors (Lipinski definition) is 4. The molecule has 0 bridgehead atoms. The standard InChI is InChI=1S/C17H24N4O6S3/c1-3-4-11-20-16-10-9-15(28(18,22)23)12-17(16)21-30(26,27)14-7-5-13(6-8-14)29(24,25)19-2/h5-10,12,19-21H,3-4,11H2,1-2H3,(H2,18,22,23). The van der Waals surface area contributed by atoms with Gasteiger partial charge in [0.15, 0.2) is 0 Å². The second-order valence-electron chi connectivity index (χ2n) is 6.32. The molecule has 166 valence electrons. The van der Waals surface area contributed by atoms with Crippen LogP contribution < -0.4 is 19.9 Å². The number of rotatable bonds is 10. The summed E-state index contributed by atoms with van der Waals surface area (Å²) in [5.74, 6) is 0. The van der Waals surface area contributed by atoms with E-state index < -0.39 is 30.1 Å². The lowest BCUT2D eigenvalue weighted by molar-refractivity contribution is 0.587. The lowest BCUT2D eigenvalue weighted by Gasteiger charge is -2.15. The van der Waals surface area contributed by atoms with Crippen molar-refractivity contribution < 1.29 is 25.3 Å². The summed E-state index contributed by atoms with van der Waals surface area (Å²) in [6.45, 7) is 2.55. The van der Waals surface area contributed by atoms with Gasteiger partial charge in [-0.3, -0.25) is 4.72 Å². The summed E-state index contributed by atoms with van der Waals surface area (Å²) >= 11 is 0. The zero-order valence-corrected chi connectivity index (χ0v) is 18.9. The molecule has 10 nitrogen and oxygen atoms in total. The van der Waals surface area contributed by atoms with Crippen molar-refractivity contribution in [3.05, 3.63) is 42.5 Å². The Morgan fingerprint density at radius 1 is 0.800 bits per heavy atom. The number of sulfonamides is 3. The lowest BCUT2D eigenvalue weighted by Crippen LogP contribution is -2.19. The van der Waals surface area contributed by atoms with Gasteiger partial charge in [-0.05, 0) is 55.9 Å². The average Bonchev–Trinajstić information content (AvgIpc) is 2.68. The van der Waals surface area contributed by atoms with Crippen molar-refractivity contribution in [2.45, 2.75) is 34.5 Å². The Balaban J connectivity index is 2.42. The SMILES string of the molecule is CCCCNc1ccc(S(N)(=O)=O)cc1NS(=O)(=O)c1ccc(S(=O)(=O)NC)cc1. The smallest absolute Gasteiger partial charge is 0.261 e. The monoisotopic (exact) mass is 476 g/mol. The molecule has 2 aromatic rings. The van der Waals surface area contributed by atoms with E-state index in [9.17, 15) is 25.3 Å². The first-order chi connectivity index (χ1) is 13.9. The van der Waals surface area contributed by atoms with E-state index in [0.29, 0.717) is 12.2 Å². The van der Waals surface area contributed by atoms with Crippen LogP contribution in [0.3, 0.4) is 0 Å². The molecule has 13 heteroatoms. The van der Waals surface area contributed by atoms with Crippen LogP contribution in [0.15, 0.2) is 57.2 Å². The van der Waals surface area contributed by atoms with Gasteiger partial charge in [-0.1, -0.05) is 13.3 Å². The molecule has 0 aliphatic heterocycles. The van der Waals surface area contributed by atoms with Gasteiger partial charge in [-0.2, -0.15) is 0 Å². The molecule has 0 aliphatic rings. The van der Waals surface area contributed by atoms with Gasteiger partial charge in [-0.25, -0.2) is 35.1 Å². The Labute approximate surface area is 177 Å². The minimum absolute atomic E-state index is 0.00421. The summed E-state index contributed by atoms with van der Waals surface area (Å²) in [6.07, 6.45) is 1.73. The van der Waals surface area contributed by atoms with E-state index in [2.05, 4.69) is 14.8 Å². The maximum atomic E-state index is 12.8. The molecule has 30 heavy (non-hydrogen) atoms. The Bertz CT molecular complexity index is 1210. The fourth-order valence-electron chi connectivity index (χ4n) is 2.46. The maximum absolute atomic E-state index is 12.8. The minimum Gasteiger partial charge on any atom is -0.383 e. The molecule has 0 aromatic heterocycles. The van der Waals surface area contributed by atoms with Crippen LogP contribution in [0.2, 0.25) is 0 Å². The first kappa shape index (κ1) is 24.1. The molecule has 0 atom stereocenters. The summed E-state index contributed by atoms with van der Waals surface area (Å²) in [5.41, 5.74) is 0.387. The van der Waals surface area contributed by atoms with E-state index in [-0.39, 0.29) is 20.4 Å². The van der Waals surface area contributed by atoms with Crippen molar-refractivity contribution in [3.8, 4) is 0 Å². The average molecular weight is 477 g/mol. The molecule has 2 rings (SSSR count). The van der Waals surface area contributed by atoms with E-state index in [1.807, 2.05) is 6.92 Å². The van der Waals surface area contributed by atoms with Gasteiger partial charge in [-0.15, -0.1) is 0 Å². The summed E-state index contributed by atoms with van der Waals surface area (Å²) in [7, 11) is -10.7. The van der Waals surface area contributed by atoms with Crippen molar-refractivity contribution in [3.63, 3.8) is 0 Å². The summed E-state index contributed by atoms with van der Waals surface area (Å²) in [4.78, 5) is -0.545. The van der Waals surface area contributed by atoms with E-state index in [1.54, 1.807) is 0 Å². The van der Waals surface area contributed by atoms with Crippen molar-refractivity contribution in [2.24, 2.45) is 5.14 Å². The highest BCUT2D eigenvalue weighted by atomic mass is 32.2. The second-order valence-corrected chi connectivity index (χ2v) is 11.4.